The van der Waals surface area contributed by atoms with Crippen LogP contribution in [0.3, 0.4) is 0 Å². The summed E-state index contributed by atoms with van der Waals surface area (Å²) in [5.41, 5.74) is 1.70. The maximum Gasteiger partial charge on any atom is 0.344 e. The van der Waals surface area contributed by atoms with E-state index in [-0.39, 0.29) is 5.41 Å². The van der Waals surface area contributed by atoms with Crippen LogP contribution in [0, 0.1) is 11.3 Å². The summed E-state index contributed by atoms with van der Waals surface area (Å²) in [6.45, 7) is 13.3. The average molecular weight is 341 g/mol. The van der Waals surface area contributed by atoms with E-state index in [0.717, 1.165) is 36.6 Å². The first-order valence-electron chi connectivity index (χ1n) is 10.2. The van der Waals surface area contributed by atoms with Crippen LogP contribution >= 0.6 is 0 Å². The molecule has 0 aromatic carbocycles. The first-order valence-corrected chi connectivity index (χ1v) is 12.1. The Morgan fingerprint density at radius 2 is 1.57 bits per heavy atom. The van der Waals surface area contributed by atoms with Crippen molar-refractivity contribution in [1.29, 1.82) is 0 Å². The first-order chi connectivity index (χ1) is 10.9. The van der Waals surface area contributed by atoms with E-state index in [1.165, 1.54) is 51.4 Å². The fourth-order valence-electron chi connectivity index (χ4n) is 4.57. The first kappa shape index (κ1) is 19.5. The highest BCUT2D eigenvalue weighted by atomic mass is 28.4. The zero-order chi connectivity index (χ0) is 16.9. The quantitative estimate of drug-likeness (QED) is 0.496. The molecule has 3 unspecified atom stereocenters. The summed E-state index contributed by atoms with van der Waals surface area (Å²) in [7, 11) is -2.13. The van der Waals surface area contributed by atoms with E-state index < -0.39 is 8.56 Å². The Hall–Kier alpha value is 0.137. The number of rotatable bonds is 7. The van der Waals surface area contributed by atoms with Crippen molar-refractivity contribution in [3.05, 3.63) is 0 Å². The summed E-state index contributed by atoms with van der Waals surface area (Å²) in [5.74, 6) is 0.852. The molecule has 2 saturated carbocycles. The molecule has 23 heavy (non-hydrogen) atoms. The molecule has 3 heteroatoms. The summed E-state index contributed by atoms with van der Waals surface area (Å²) in [4.78, 5) is 0. The molecule has 2 rings (SSSR count). The lowest BCUT2D eigenvalue weighted by atomic mass is 9.90. The van der Waals surface area contributed by atoms with Gasteiger partial charge in [0.15, 0.2) is 0 Å². The van der Waals surface area contributed by atoms with Gasteiger partial charge in [-0.05, 0) is 43.4 Å². The van der Waals surface area contributed by atoms with Crippen LogP contribution in [0.5, 0.6) is 0 Å². The molecule has 0 radical (unpaired) electrons. The van der Waals surface area contributed by atoms with E-state index in [1.54, 1.807) is 0 Å². The van der Waals surface area contributed by atoms with E-state index in [1.807, 2.05) is 0 Å². The van der Waals surface area contributed by atoms with Gasteiger partial charge in [-0.1, -0.05) is 60.3 Å². The van der Waals surface area contributed by atoms with Gasteiger partial charge in [-0.3, -0.25) is 0 Å². The summed E-state index contributed by atoms with van der Waals surface area (Å²) in [6, 6.07) is 0. The monoisotopic (exact) mass is 340 g/mol. The van der Waals surface area contributed by atoms with Crippen LogP contribution in [-0.4, -0.2) is 21.8 Å². The predicted molar refractivity (Wildman–Crippen MR) is 101 cm³/mol. The molecule has 2 aliphatic rings. The standard InChI is InChI=1S/C20H40O2Si/c1-6-14-21-23(18-11-7-8-12-18,22-16-20(3,4)5)19-13-9-10-17(2)15-19/h17-19H,6-16H2,1-5H3. The second kappa shape index (κ2) is 8.49. The minimum atomic E-state index is -2.13. The molecule has 0 aromatic heterocycles. The van der Waals surface area contributed by atoms with Crippen molar-refractivity contribution < 1.29 is 8.85 Å². The second-order valence-corrected chi connectivity index (χ2v) is 13.0. The third kappa shape index (κ3) is 5.30. The Morgan fingerprint density at radius 3 is 2.13 bits per heavy atom. The molecule has 2 nitrogen and oxygen atoms in total. The number of hydrogen-bond acceptors (Lipinski definition) is 2. The lowest BCUT2D eigenvalue weighted by Gasteiger charge is -2.45. The van der Waals surface area contributed by atoms with Gasteiger partial charge in [-0.25, -0.2) is 0 Å². The highest BCUT2D eigenvalue weighted by Gasteiger charge is 2.54. The Labute approximate surface area is 146 Å². The molecule has 0 saturated heterocycles. The van der Waals surface area contributed by atoms with Crippen LogP contribution < -0.4 is 0 Å². The van der Waals surface area contributed by atoms with E-state index in [0.29, 0.717) is 0 Å². The number of hydrogen-bond donors (Lipinski definition) is 0. The summed E-state index contributed by atoms with van der Waals surface area (Å²) in [5, 5.41) is 0. The highest BCUT2D eigenvalue weighted by molar-refractivity contribution is 6.70. The van der Waals surface area contributed by atoms with Crippen LogP contribution in [0.25, 0.3) is 0 Å². The van der Waals surface area contributed by atoms with Crippen molar-refractivity contribution in [1.82, 2.24) is 0 Å². The Balaban J connectivity index is 2.23. The van der Waals surface area contributed by atoms with Gasteiger partial charge in [-0.2, -0.15) is 0 Å². The Morgan fingerprint density at radius 1 is 0.913 bits per heavy atom. The summed E-state index contributed by atoms with van der Waals surface area (Å²) in [6.07, 6.45) is 12.1. The molecule has 0 spiro atoms. The predicted octanol–water partition coefficient (Wildman–Crippen LogP) is 6.44. The van der Waals surface area contributed by atoms with E-state index in [2.05, 4.69) is 34.6 Å². The summed E-state index contributed by atoms with van der Waals surface area (Å²) < 4.78 is 13.6. The average Bonchev–Trinajstić information content (AvgIpc) is 3.01. The second-order valence-electron chi connectivity index (χ2n) is 9.37. The zero-order valence-electron chi connectivity index (χ0n) is 16.3. The molecule has 0 bridgehead atoms. The Kier molecular flexibility index (Phi) is 7.18. The summed E-state index contributed by atoms with van der Waals surface area (Å²) >= 11 is 0. The smallest absolute Gasteiger partial charge is 0.344 e. The molecule has 0 N–H and O–H groups in total. The van der Waals surface area contributed by atoms with Gasteiger partial charge < -0.3 is 8.85 Å². The zero-order valence-corrected chi connectivity index (χ0v) is 17.3. The molecule has 0 aromatic rings. The van der Waals surface area contributed by atoms with Gasteiger partial charge in [0.25, 0.3) is 0 Å². The Bertz CT molecular complexity index is 346. The van der Waals surface area contributed by atoms with Crippen molar-refractivity contribution >= 4 is 8.56 Å². The van der Waals surface area contributed by atoms with Crippen molar-refractivity contribution in [3.63, 3.8) is 0 Å². The molecular weight excluding hydrogens is 300 g/mol. The lowest BCUT2D eigenvalue weighted by molar-refractivity contribution is 0.0973. The van der Waals surface area contributed by atoms with Crippen LogP contribution in [-0.2, 0) is 8.85 Å². The normalized spacial score (nSPS) is 29.6. The van der Waals surface area contributed by atoms with Gasteiger partial charge in [0.05, 0.1) is 0 Å². The van der Waals surface area contributed by atoms with E-state index in [4.69, 9.17) is 8.85 Å². The maximum atomic E-state index is 6.88. The third-order valence-electron chi connectivity index (χ3n) is 5.69. The minimum absolute atomic E-state index is 0.229. The third-order valence-corrected chi connectivity index (χ3v) is 10.3. The molecule has 2 aliphatic carbocycles. The molecule has 0 amide bonds. The minimum Gasteiger partial charge on any atom is -0.394 e. The van der Waals surface area contributed by atoms with Crippen LogP contribution in [0.15, 0.2) is 0 Å². The molecule has 0 aliphatic heterocycles. The van der Waals surface area contributed by atoms with Crippen LogP contribution in [0.2, 0.25) is 11.1 Å². The van der Waals surface area contributed by atoms with Crippen LogP contribution in [0.1, 0.15) is 92.4 Å². The molecule has 3 atom stereocenters. The topological polar surface area (TPSA) is 18.5 Å². The van der Waals surface area contributed by atoms with Crippen molar-refractivity contribution in [2.24, 2.45) is 11.3 Å². The molecule has 0 heterocycles. The van der Waals surface area contributed by atoms with E-state index in [9.17, 15) is 0 Å². The lowest BCUT2D eigenvalue weighted by Crippen LogP contribution is -2.53. The van der Waals surface area contributed by atoms with Gasteiger partial charge in [0.2, 0.25) is 0 Å². The van der Waals surface area contributed by atoms with Gasteiger partial charge in [0, 0.05) is 24.3 Å². The molecule has 136 valence electrons. The fourth-order valence-corrected chi connectivity index (χ4v) is 9.99. The SMILES string of the molecule is CCCO[Si](OCC(C)(C)C)(C1CCCC1)C1CCCC(C)C1. The largest absolute Gasteiger partial charge is 0.394 e. The van der Waals surface area contributed by atoms with Gasteiger partial charge >= 0.3 is 8.56 Å². The molecular formula is C20H40O2Si. The van der Waals surface area contributed by atoms with Crippen LogP contribution in [0.4, 0.5) is 0 Å². The van der Waals surface area contributed by atoms with Crippen molar-refractivity contribution in [3.8, 4) is 0 Å². The maximum absolute atomic E-state index is 6.88. The van der Waals surface area contributed by atoms with Gasteiger partial charge in [-0.15, -0.1) is 0 Å². The van der Waals surface area contributed by atoms with Gasteiger partial charge in [0.1, 0.15) is 0 Å². The highest BCUT2D eigenvalue weighted by Crippen LogP contribution is 2.51. The van der Waals surface area contributed by atoms with E-state index >= 15 is 0 Å². The fraction of sp³-hybridized carbons (Fsp3) is 1.00. The van der Waals surface area contributed by atoms with Crippen molar-refractivity contribution in [2.45, 2.75) is 103 Å². The molecule has 2 fully saturated rings. The van der Waals surface area contributed by atoms with Crippen molar-refractivity contribution in [2.75, 3.05) is 13.2 Å².